The highest BCUT2D eigenvalue weighted by Gasteiger charge is 2.34. The third-order valence-corrected chi connectivity index (χ3v) is 6.48. The molecule has 1 atom stereocenters. The highest BCUT2D eigenvalue weighted by atomic mass is 32.2. The van der Waals surface area contributed by atoms with Crippen molar-refractivity contribution in [1.29, 1.82) is 0 Å². The fourth-order valence-corrected chi connectivity index (χ4v) is 4.70. The van der Waals surface area contributed by atoms with Crippen LogP contribution in [0.3, 0.4) is 0 Å². The van der Waals surface area contributed by atoms with Gasteiger partial charge in [0.1, 0.15) is 5.82 Å². The number of fused-ring (bicyclic) bond motifs is 1. The number of aromatic nitrogens is 2. The monoisotopic (exact) mass is 341 g/mol. The summed E-state index contributed by atoms with van der Waals surface area (Å²) in [5, 5.41) is 0. The summed E-state index contributed by atoms with van der Waals surface area (Å²) in [6.45, 7) is 2.94. The Bertz CT molecular complexity index is 944. The summed E-state index contributed by atoms with van der Waals surface area (Å²) in [5.74, 6) is 0.982. The number of nitrogens with zero attached hydrogens (tertiary/aromatic N) is 2. The van der Waals surface area contributed by atoms with Gasteiger partial charge in [-0.3, -0.25) is 0 Å². The molecule has 1 N–H and O–H groups in total. The number of sulfonamides is 1. The zero-order chi connectivity index (χ0) is 16.7. The summed E-state index contributed by atoms with van der Waals surface area (Å²) in [4.78, 5) is 8.30. The van der Waals surface area contributed by atoms with E-state index in [1.54, 1.807) is 16.4 Å². The molecule has 24 heavy (non-hydrogen) atoms. The number of aromatic amines is 1. The summed E-state index contributed by atoms with van der Waals surface area (Å²) in [5.41, 5.74) is 2.97. The van der Waals surface area contributed by atoms with Crippen molar-refractivity contribution in [1.82, 2.24) is 14.3 Å². The highest BCUT2D eigenvalue weighted by Crippen LogP contribution is 2.30. The molecule has 1 aromatic heterocycles. The molecular weight excluding hydrogens is 322 g/mol. The summed E-state index contributed by atoms with van der Waals surface area (Å²) in [6.07, 6.45) is 0.783. The van der Waals surface area contributed by atoms with Crippen LogP contribution in [0.25, 0.3) is 11.0 Å². The molecule has 1 saturated heterocycles. The lowest BCUT2D eigenvalue weighted by molar-refractivity contribution is 0.471. The van der Waals surface area contributed by atoms with Crippen molar-refractivity contribution in [2.45, 2.75) is 24.2 Å². The van der Waals surface area contributed by atoms with Crippen LogP contribution >= 0.6 is 0 Å². The largest absolute Gasteiger partial charge is 0.342 e. The number of H-pyrrole nitrogens is 1. The molecule has 0 radical (unpaired) electrons. The van der Waals surface area contributed by atoms with Gasteiger partial charge in [-0.15, -0.1) is 0 Å². The van der Waals surface area contributed by atoms with Gasteiger partial charge in [0.2, 0.25) is 10.0 Å². The van der Waals surface area contributed by atoms with Crippen LogP contribution in [-0.4, -0.2) is 35.8 Å². The van der Waals surface area contributed by atoms with Crippen LogP contribution in [0.4, 0.5) is 0 Å². The van der Waals surface area contributed by atoms with Crippen LogP contribution in [-0.2, 0) is 10.0 Å². The summed E-state index contributed by atoms with van der Waals surface area (Å²) < 4.78 is 27.1. The van der Waals surface area contributed by atoms with Gasteiger partial charge in [-0.2, -0.15) is 4.31 Å². The van der Waals surface area contributed by atoms with Crippen molar-refractivity contribution in [3.63, 3.8) is 0 Å². The summed E-state index contributed by atoms with van der Waals surface area (Å²) in [6, 6.07) is 14.9. The molecule has 2 aromatic carbocycles. The molecule has 124 valence electrons. The second kappa shape index (κ2) is 5.72. The van der Waals surface area contributed by atoms with Gasteiger partial charge in [0.05, 0.1) is 15.9 Å². The minimum atomic E-state index is -3.43. The molecule has 5 nitrogen and oxygen atoms in total. The first-order valence-corrected chi connectivity index (χ1v) is 9.49. The van der Waals surface area contributed by atoms with E-state index < -0.39 is 10.0 Å². The van der Waals surface area contributed by atoms with E-state index >= 15 is 0 Å². The third-order valence-electron chi connectivity index (χ3n) is 4.60. The Hall–Kier alpha value is -2.18. The summed E-state index contributed by atoms with van der Waals surface area (Å²) >= 11 is 0. The first kappa shape index (κ1) is 15.4. The highest BCUT2D eigenvalue weighted by molar-refractivity contribution is 7.89. The fraction of sp³-hybridized carbons (Fsp3) is 0.278. The van der Waals surface area contributed by atoms with Gasteiger partial charge < -0.3 is 4.98 Å². The Labute approximate surface area is 141 Å². The van der Waals surface area contributed by atoms with Crippen LogP contribution in [0.5, 0.6) is 0 Å². The van der Waals surface area contributed by atoms with Crippen LogP contribution in [0.2, 0.25) is 0 Å². The smallest absolute Gasteiger partial charge is 0.243 e. The zero-order valence-corrected chi connectivity index (χ0v) is 14.3. The maximum atomic E-state index is 12.8. The maximum Gasteiger partial charge on any atom is 0.243 e. The van der Waals surface area contributed by atoms with E-state index in [2.05, 4.69) is 9.97 Å². The molecule has 0 bridgehead atoms. The van der Waals surface area contributed by atoms with Crippen molar-refractivity contribution >= 4 is 21.1 Å². The van der Waals surface area contributed by atoms with Crippen LogP contribution in [0, 0.1) is 6.92 Å². The molecule has 0 spiro atoms. The average Bonchev–Trinajstić information content (AvgIpc) is 3.22. The topological polar surface area (TPSA) is 66.1 Å². The third kappa shape index (κ3) is 2.61. The molecule has 0 saturated carbocycles. The lowest BCUT2D eigenvalue weighted by Gasteiger charge is -2.16. The minimum absolute atomic E-state index is 0.109. The molecule has 0 amide bonds. The number of aryl methyl sites for hydroxylation is 1. The second-order valence-electron chi connectivity index (χ2n) is 6.30. The van der Waals surface area contributed by atoms with Crippen molar-refractivity contribution in [2.24, 2.45) is 0 Å². The van der Waals surface area contributed by atoms with Gasteiger partial charge in [0.15, 0.2) is 0 Å². The molecule has 4 rings (SSSR count). The van der Waals surface area contributed by atoms with Gasteiger partial charge in [-0.25, -0.2) is 13.4 Å². The van der Waals surface area contributed by atoms with E-state index in [-0.39, 0.29) is 5.92 Å². The number of rotatable bonds is 3. The SMILES string of the molecule is Cc1ccc(S(=O)(=O)N2CCC(c3nc4ccccc4[nH]3)C2)cc1. The fourth-order valence-electron chi connectivity index (χ4n) is 3.19. The van der Waals surface area contributed by atoms with Crippen molar-refractivity contribution in [2.75, 3.05) is 13.1 Å². The molecule has 1 aliphatic rings. The molecule has 0 aliphatic carbocycles. The minimum Gasteiger partial charge on any atom is -0.342 e. The molecule has 2 heterocycles. The summed E-state index contributed by atoms with van der Waals surface area (Å²) in [7, 11) is -3.43. The van der Waals surface area contributed by atoms with Crippen LogP contribution in [0.1, 0.15) is 23.7 Å². The van der Waals surface area contributed by atoms with E-state index in [0.29, 0.717) is 18.0 Å². The van der Waals surface area contributed by atoms with E-state index in [4.69, 9.17) is 0 Å². The standard InChI is InChI=1S/C18H19N3O2S/c1-13-6-8-15(9-7-13)24(22,23)21-11-10-14(12-21)18-19-16-4-2-3-5-17(16)20-18/h2-9,14H,10-12H2,1H3,(H,19,20). The number of nitrogens with one attached hydrogen (secondary N) is 1. The average molecular weight is 341 g/mol. The molecule has 1 aliphatic heterocycles. The predicted octanol–water partition coefficient (Wildman–Crippen LogP) is 3.05. The molecule has 3 aromatic rings. The van der Waals surface area contributed by atoms with Crippen molar-refractivity contribution < 1.29 is 8.42 Å². The van der Waals surface area contributed by atoms with E-state index in [1.807, 2.05) is 43.3 Å². The number of para-hydroxylation sites is 2. The number of hydrogen-bond donors (Lipinski definition) is 1. The lowest BCUT2D eigenvalue weighted by Crippen LogP contribution is -2.28. The Morgan fingerprint density at radius 3 is 2.62 bits per heavy atom. The molecule has 1 unspecified atom stereocenters. The van der Waals surface area contributed by atoms with Gasteiger partial charge in [0, 0.05) is 19.0 Å². The Balaban J connectivity index is 1.58. The number of benzene rings is 2. The van der Waals surface area contributed by atoms with E-state index in [0.717, 1.165) is 28.8 Å². The normalized spacial score (nSPS) is 19.1. The first-order valence-electron chi connectivity index (χ1n) is 8.05. The molecular formula is C18H19N3O2S. The Kier molecular flexibility index (Phi) is 3.66. The second-order valence-corrected chi connectivity index (χ2v) is 8.24. The number of imidazole rings is 1. The van der Waals surface area contributed by atoms with Crippen LogP contribution < -0.4 is 0 Å². The van der Waals surface area contributed by atoms with Gasteiger partial charge in [-0.1, -0.05) is 29.8 Å². The first-order chi connectivity index (χ1) is 11.5. The van der Waals surface area contributed by atoms with E-state index in [1.165, 1.54) is 0 Å². The molecule has 6 heteroatoms. The lowest BCUT2D eigenvalue weighted by atomic mass is 10.1. The van der Waals surface area contributed by atoms with Gasteiger partial charge >= 0.3 is 0 Å². The Morgan fingerprint density at radius 1 is 1.12 bits per heavy atom. The van der Waals surface area contributed by atoms with Gasteiger partial charge in [0.25, 0.3) is 0 Å². The predicted molar refractivity (Wildman–Crippen MR) is 93.4 cm³/mol. The quantitative estimate of drug-likeness (QED) is 0.796. The van der Waals surface area contributed by atoms with Crippen molar-refractivity contribution in [3.05, 3.63) is 59.9 Å². The molecule has 1 fully saturated rings. The Morgan fingerprint density at radius 2 is 1.88 bits per heavy atom. The van der Waals surface area contributed by atoms with Crippen LogP contribution in [0.15, 0.2) is 53.4 Å². The maximum absolute atomic E-state index is 12.8. The van der Waals surface area contributed by atoms with Gasteiger partial charge in [-0.05, 0) is 37.6 Å². The van der Waals surface area contributed by atoms with E-state index in [9.17, 15) is 8.42 Å². The van der Waals surface area contributed by atoms with Crippen molar-refractivity contribution in [3.8, 4) is 0 Å². The number of hydrogen-bond acceptors (Lipinski definition) is 3. The zero-order valence-electron chi connectivity index (χ0n) is 13.4.